The van der Waals surface area contributed by atoms with Crippen molar-refractivity contribution in [3.63, 3.8) is 0 Å². The van der Waals surface area contributed by atoms with Gasteiger partial charge in [-0.1, -0.05) is 78.9 Å². The number of hydrogen-bond donors (Lipinski definition) is 0. The molecule has 0 aliphatic rings. The average molecular weight is 538 g/mol. The number of nitrogens with zero attached hydrogens (tertiary/aromatic N) is 5. The van der Waals surface area contributed by atoms with Crippen molar-refractivity contribution in [1.29, 1.82) is 0 Å². The average Bonchev–Trinajstić information content (AvgIpc) is 3.09. The van der Waals surface area contributed by atoms with Gasteiger partial charge in [0.2, 0.25) is 0 Å². The summed E-state index contributed by atoms with van der Waals surface area (Å²) in [5.41, 5.74) is 4.93. The van der Waals surface area contributed by atoms with Crippen molar-refractivity contribution in [3.05, 3.63) is 140 Å². The normalized spacial score (nSPS) is 11.3. The quantitative estimate of drug-likeness (QED) is 0.210. The van der Waals surface area contributed by atoms with Crippen LogP contribution < -0.4 is 0 Å². The molecule has 0 N–H and O–H groups in total. The lowest BCUT2D eigenvalue weighted by atomic mass is 9.92. The maximum absolute atomic E-state index is 4.89. The van der Waals surface area contributed by atoms with Crippen molar-refractivity contribution in [2.75, 3.05) is 0 Å². The largest absolute Gasteiger partial charge is 0.265 e. The molecule has 8 rings (SSSR count). The molecule has 0 bridgehead atoms. The minimum Gasteiger partial charge on any atom is -0.265 e. The van der Waals surface area contributed by atoms with Gasteiger partial charge in [0.05, 0.1) is 0 Å². The maximum atomic E-state index is 4.89. The Morgan fingerprint density at radius 1 is 0.286 bits per heavy atom. The molecule has 3 heterocycles. The van der Waals surface area contributed by atoms with Crippen LogP contribution in [0.1, 0.15) is 0 Å². The first-order valence-corrected chi connectivity index (χ1v) is 13.8. The lowest BCUT2D eigenvalue weighted by Crippen LogP contribution is -2.00. The fraction of sp³-hybridized carbons (Fsp3) is 0. The highest BCUT2D eigenvalue weighted by Crippen LogP contribution is 2.37. The Morgan fingerprint density at radius 3 is 1.26 bits per heavy atom. The van der Waals surface area contributed by atoms with Gasteiger partial charge in [-0.05, 0) is 79.8 Å². The van der Waals surface area contributed by atoms with Crippen LogP contribution >= 0.6 is 0 Å². The molecule has 0 aliphatic heterocycles. The Kier molecular flexibility index (Phi) is 5.71. The predicted octanol–water partition coefficient (Wildman–Crippen LogP) is 8.79. The minimum atomic E-state index is 0.601. The summed E-state index contributed by atoms with van der Waals surface area (Å²) in [5, 5.41) is 7.57. The van der Waals surface area contributed by atoms with E-state index in [0.717, 1.165) is 27.8 Å². The van der Waals surface area contributed by atoms with Crippen LogP contribution in [0.5, 0.6) is 0 Å². The molecule has 42 heavy (non-hydrogen) atoms. The van der Waals surface area contributed by atoms with Gasteiger partial charge in [-0.25, -0.2) is 15.0 Å². The molecule has 8 aromatic rings. The molecule has 0 radical (unpaired) electrons. The van der Waals surface area contributed by atoms with E-state index in [2.05, 4.69) is 101 Å². The Bertz CT molecular complexity index is 2150. The first kappa shape index (κ1) is 24.0. The molecule has 196 valence electrons. The number of pyridine rings is 2. The summed E-state index contributed by atoms with van der Waals surface area (Å²) >= 11 is 0. The van der Waals surface area contributed by atoms with E-state index in [9.17, 15) is 0 Å². The molecule has 0 aliphatic carbocycles. The number of aromatic nitrogens is 5. The summed E-state index contributed by atoms with van der Waals surface area (Å²) in [6.45, 7) is 0. The van der Waals surface area contributed by atoms with Crippen molar-refractivity contribution in [2.24, 2.45) is 0 Å². The van der Waals surface area contributed by atoms with E-state index in [0.29, 0.717) is 17.5 Å². The molecule has 0 unspecified atom stereocenters. The van der Waals surface area contributed by atoms with E-state index >= 15 is 0 Å². The third kappa shape index (κ3) is 4.16. The fourth-order valence-electron chi connectivity index (χ4n) is 5.69. The van der Waals surface area contributed by atoms with E-state index in [1.807, 2.05) is 24.3 Å². The first-order chi connectivity index (χ1) is 20.8. The summed E-state index contributed by atoms with van der Waals surface area (Å²) in [6.07, 6.45) is 6.99. The first-order valence-electron chi connectivity index (χ1n) is 13.8. The van der Waals surface area contributed by atoms with Gasteiger partial charge in [-0.2, -0.15) is 0 Å². The van der Waals surface area contributed by atoms with Crippen molar-refractivity contribution >= 4 is 32.3 Å². The summed E-state index contributed by atoms with van der Waals surface area (Å²) in [4.78, 5) is 22.9. The molecule has 0 fully saturated rings. The van der Waals surface area contributed by atoms with Gasteiger partial charge < -0.3 is 0 Å². The number of rotatable bonds is 4. The van der Waals surface area contributed by atoms with Crippen LogP contribution in [-0.4, -0.2) is 24.9 Å². The highest BCUT2D eigenvalue weighted by molar-refractivity contribution is 6.25. The van der Waals surface area contributed by atoms with Gasteiger partial charge in [0.25, 0.3) is 0 Å². The van der Waals surface area contributed by atoms with Crippen molar-refractivity contribution in [3.8, 4) is 45.3 Å². The van der Waals surface area contributed by atoms with Crippen LogP contribution in [-0.2, 0) is 0 Å². The zero-order chi connectivity index (χ0) is 27.9. The van der Waals surface area contributed by atoms with Crippen LogP contribution in [0.3, 0.4) is 0 Å². The molecule has 0 spiro atoms. The molecule has 5 heteroatoms. The van der Waals surface area contributed by atoms with Gasteiger partial charge >= 0.3 is 0 Å². The van der Waals surface area contributed by atoms with Gasteiger partial charge in [-0.3, -0.25) is 9.97 Å². The van der Waals surface area contributed by atoms with Crippen molar-refractivity contribution in [1.82, 2.24) is 24.9 Å². The zero-order valence-corrected chi connectivity index (χ0v) is 22.5. The topological polar surface area (TPSA) is 64.5 Å². The Balaban J connectivity index is 1.29. The lowest BCUT2D eigenvalue weighted by Gasteiger charge is -2.13. The van der Waals surface area contributed by atoms with Crippen LogP contribution in [0, 0.1) is 0 Å². The Hall–Kier alpha value is -5.81. The highest BCUT2D eigenvalue weighted by atomic mass is 15.0. The molecule has 3 aromatic heterocycles. The molecular weight excluding hydrogens is 514 g/mol. The molecule has 0 saturated heterocycles. The number of fused-ring (bicyclic) bond motifs is 6. The van der Waals surface area contributed by atoms with Gasteiger partial charge in [0.15, 0.2) is 17.5 Å². The third-order valence-corrected chi connectivity index (χ3v) is 7.71. The van der Waals surface area contributed by atoms with E-state index in [-0.39, 0.29) is 0 Å². The van der Waals surface area contributed by atoms with Gasteiger partial charge in [0.1, 0.15) is 0 Å². The second-order valence-electron chi connectivity index (χ2n) is 10.2. The highest BCUT2D eigenvalue weighted by Gasteiger charge is 2.14. The monoisotopic (exact) mass is 537 g/mol. The van der Waals surface area contributed by atoms with E-state index in [4.69, 9.17) is 15.0 Å². The molecule has 0 amide bonds. The Morgan fingerprint density at radius 2 is 0.714 bits per heavy atom. The third-order valence-electron chi connectivity index (χ3n) is 7.71. The van der Waals surface area contributed by atoms with Gasteiger partial charge in [-0.15, -0.1) is 0 Å². The summed E-state index contributed by atoms with van der Waals surface area (Å²) in [5.74, 6) is 1.81. The second kappa shape index (κ2) is 9.98. The summed E-state index contributed by atoms with van der Waals surface area (Å²) < 4.78 is 0. The van der Waals surface area contributed by atoms with Crippen molar-refractivity contribution < 1.29 is 0 Å². The second-order valence-corrected chi connectivity index (χ2v) is 10.2. The van der Waals surface area contributed by atoms with Gasteiger partial charge in [0, 0.05) is 41.5 Å². The van der Waals surface area contributed by atoms with E-state index in [1.54, 1.807) is 24.8 Å². The van der Waals surface area contributed by atoms with E-state index in [1.165, 1.54) is 32.3 Å². The standard InChI is InChI=1S/C37H23N5/c1-2-10-31-29(8-1)30-9-3-4-11-32(30)34-23-27(12-13-33(31)34)26-6-5-7-28(22-26)37-41-35(24-14-18-38-19-15-24)40-36(42-37)25-16-20-39-21-17-25/h1-23H. The minimum absolute atomic E-state index is 0.601. The molecule has 0 saturated carbocycles. The number of benzene rings is 5. The SMILES string of the molecule is c1cc(-c2ccc3c4ccccc4c4ccccc4c3c2)cc(-c2nc(-c3ccncc3)nc(-c3ccncc3)n2)c1. The molecule has 5 nitrogen and oxygen atoms in total. The maximum Gasteiger partial charge on any atom is 0.164 e. The fourth-order valence-corrected chi connectivity index (χ4v) is 5.69. The lowest BCUT2D eigenvalue weighted by molar-refractivity contribution is 1.07. The van der Waals surface area contributed by atoms with Crippen LogP contribution in [0.2, 0.25) is 0 Å². The van der Waals surface area contributed by atoms with Crippen LogP contribution in [0.25, 0.3) is 77.6 Å². The smallest absolute Gasteiger partial charge is 0.164 e. The van der Waals surface area contributed by atoms with E-state index < -0.39 is 0 Å². The molecular formula is C37H23N5. The van der Waals surface area contributed by atoms with Crippen LogP contribution in [0.15, 0.2) is 140 Å². The Labute approximate surface area is 242 Å². The van der Waals surface area contributed by atoms with Crippen LogP contribution in [0.4, 0.5) is 0 Å². The number of hydrogen-bond acceptors (Lipinski definition) is 5. The predicted molar refractivity (Wildman–Crippen MR) is 170 cm³/mol. The molecule has 5 aromatic carbocycles. The summed E-state index contributed by atoms with van der Waals surface area (Å²) in [6, 6.07) is 40.1. The molecule has 0 atom stereocenters. The zero-order valence-electron chi connectivity index (χ0n) is 22.5. The van der Waals surface area contributed by atoms with Crippen molar-refractivity contribution in [2.45, 2.75) is 0 Å². The summed E-state index contributed by atoms with van der Waals surface area (Å²) in [7, 11) is 0.